The van der Waals surface area contributed by atoms with Crippen LogP contribution in [0.25, 0.3) is 0 Å². The van der Waals surface area contributed by atoms with Gasteiger partial charge in [-0.3, -0.25) is 24.1 Å². The summed E-state index contributed by atoms with van der Waals surface area (Å²) in [6.45, 7) is 5.79. The maximum absolute atomic E-state index is 14.3. The van der Waals surface area contributed by atoms with E-state index in [1.54, 1.807) is 18.2 Å². The summed E-state index contributed by atoms with van der Waals surface area (Å²) in [5.41, 5.74) is 0.745. The van der Waals surface area contributed by atoms with Crippen molar-refractivity contribution >= 4 is 52.0 Å². The number of nitrogens with one attached hydrogen (secondary N) is 1. The number of likely N-dealkylation sites (tertiary alicyclic amines) is 1. The fourth-order valence-electron chi connectivity index (χ4n) is 6.31. The molecule has 9 heteroatoms. The third-order valence-electron chi connectivity index (χ3n) is 8.49. The molecule has 2 amide bonds. The average molecular weight is 677 g/mol. The van der Waals surface area contributed by atoms with E-state index in [9.17, 15) is 24.3 Å². The Balaban J connectivity index is 1.76. The Morgan fingerprint density at radius 2 is 1.35 bits per heavy atom. The molecule has 0 radical (unpaired) electrons. The maximum Gasteiger partial charge on any atom is 0.316 e. The number of hydrogen-bond donors (Lipinski definition) is 2. The summed E-state index contributed by atoms with van der Waals surface area (Å²) in [5, 5.41) is 16.2. The van der Waals surface area contributed by atoms with E-state index in [4.69, 9.17) is 4.74 Å². The number of nitrogens with zero attached hydrogens (tertiary/aromatic N) is 1. The van der Waals surface area contributed by atoms with E-state index in [1.807, 2.05) is 105 Å². The summed E-state index contributed by atoms with van der Waals surface area (Å²) < 4.78 is 6.34. The molecule has 0 aliphatic carbocycles. The molecule has 0 unspecified atom stereocenters. The molecular weight excluding hydrogens is 635 g/mol. The molecule has 0 spiro atoms. The first kappa shape index (κ1) is 35.3. The Labute approximate surface area is 287 Å². The topological polar surface area (TPSA) is 113 Å². The van der Waals surface area contributed by atoms with Gasteiger partial charge in [0, 0.05) is 30.5 Å². The zero-order valence-corrected chi connectivity index (χ0v) is 28.8. The Hall–Kier alpha value is -5.04. The van der Waals surface area contributed by atoms with Gasteiger partial charge in [-0.1, -0.05) is 109 Å². The van der Waals surface area contributed by atoms with Crippen LogP contribution in [-0.2, 0) is 14.3 Å². The number of esters is 1. The molecule has 0 aromatic heterocycles. The Morgan fingerprint density at radius 1 is 0.837 bits per heavy atom. The van der Waals surface area contributed by atoms with E-state index < -0.39 is 36.8 Å². The first-order chi connectivity index (χ1) is 23.6. The predicted molar refractivity (Wildman–Crippen MR) is 195 cm³/mol. The van der Waals surface area contributed by atoms with Crippen molar-refractivity contribution in [3.05, 3.63) is 139 Å². The van der Waals surface area contributed by atoms with E-state index in [2.05, 4.69) is 11.9 Å². The quantitative estimate of drug-likeness (QED) is 0.0692. The van der Waals surface area contributed by atoms with Gasteiger partial charge in [-0.15, -0.1) is 6.58 Å². The maximum atomic E-state index is 14.3. The van der Waals surface area contributed by atoms with Gasteiger partial charge >= 0.3 is 5.97 Å². The first-order valence-electron chi connectivity index (χ1n) is 16.3. The fourth-order valence-corrected chi connectivity index (χ4v) is 10.5. The van der Waals surface area contributed by atoms with E-state index in [-0.39, 0.29) is 36.2 Å². The second kappa shape index (κ2) is 15.5. The van der Waals surface area contributed by atoms with E-state index in [1.165, 1.54) is 24.0 Å². The van der Waals surface area contributed by atoms with Gasteiger partial charge in [-0.05, 0) is 48.8 Å². The highest BCUT2D eigenvalue weighted by Gasteiger charge is 2.55. The van der Waals surface area contributed by atoms with Crippen LogP contribution in [0.4, 0.5) is 0 Å². The zero-order chi connectivity index (χ0) is 35.1. The van der Waals surface area contributed by atoms with Gasteiger partial charge < -0.3 is 15.2 Å². The monoisotopic (exact) mass is 676 g/mol. The van der Waals surface area contributed by atoms with Gasteiger partial charge in [-0.25, -0.2) is 0 Å². The van der Waals surface area contributed by atoms with Crippen molar-refractivity contribution in [2.45, 2.75) is 51.8 Å². The van der Waals surface area contributed by atoms with Crippen LogP contribution in [0, 0.1) is 5.92 Å². The van der Waals surface area contributed by atoms with Crippen molar-refractivity contribution in [2.24, 2.45) is 5.92 Å². The van der Waals surface area contributed by atoms with Crippen molar-refractivity contribution in [3.63, 3.8) is 0 Å². The van der Waals surface area contributed by atoms with Crippen LogP contribution in [0.15, 0.2) is 128 Å². The van der Waals surface area contributed by atoms with Crippen molar-refractivity contribution in [1.82, 2.24) is 10.2 Å². The molecule has 1 saturated heterocycles. The first-order valence-corrected chi connectivity index (χ1v) is 18.1. The highest BCUT2D eigenvalue weighted by atomic mass is 31.2. The molecule has 2 N–H and O–H groups in total. The zero-order valence-electron chi connectivity index (χ0n) is 27.9. The highest BCUT2D eigenvalue weighted by molar-refractivity contribution is 7.95. The number of amides is 2. The summed E-state index contributed by atoms with van der Waals surface area (Å²) in [6, 6.07) is 34.3. The number of ketones is 1. The van der Waals surface area contributed by atoms with Crippen LogP contribution in [-0.4, -0.2) is 57.4 Å². The van der Waals surface area contributed by atoms with Gasteiger partial charge in [-0.2, -0.15) is 0 Å². The van der Waals surface area contributed by atoms with Crippen LogP contribution in [0.2, 0.25) is 0 Å². The molecule has 1 aliphatic heterocycles. The van der Waals surface area contributed by atoms with Crippen molar-refractivity contribution in [2.75, 3.05) is 0 Å². The third-order valence-corrected chi connectivity index (χ3v) is 12.6. The molecular formula is C40H41N2O6P. The Morgan fingerprint density at radius 3 is 1.82 bits per heavy atom. The number of Topliss-reactive ketones (excluding diaryl/α,β-unsaturated/α-hetero) is 1. The number of benzene rings is 4. The molecule has 5 rings (SSSR count). The standard InChI is InChI=1S/C40H41N2O6P/c1-5-16-36(45)48-40(49(31-19-9-6-10-20-31,32-21-11-7-12-22-32)33-23-13-8-14-24-33)42-34(37(28(4)43)39(42)47)26-35(44)29-17-15-18-30(25-29)38(46)41-27(2)3/h5-15,17-25,27-28,34,37,43H,1,16,26H2,2-4H3,(H,41,46)/t28-,34-,37-/m1/s1. The lowest BCUT2D eigenvalue weighted by Gasteiger charge is -2.50. The number of aliphatic hydroxyl groups is 1. The van der Waals surface area contributed by atoms with Gasteiger partial charge in [0.1, 0.15) is 0 Å². The summed E-state index contributed by atoms with van der Waals surface area (Å²) in [5.74, 6) is -2.63. The minimum atomic E-state index is -3.15. The lowest BCUT2D eigenvalue weighted by molar-refractivity contribution is -0.157. The number of carbonyl (C=O) groups is 4. The van der Waals surface area contributed by atoms with Gasteiger partial charge in [0.05, 0.1) is 24.5 Å². The Bertz CT molecular complexity index is 1790. The molecule has 49 heavy (non-hydrogen) atoms. The molecule has 0 saturated carbocycles. The van der Waals surface area contributed by atoms with E-state index >= 15 is 0 Å². The van der Waals surface area contributed by atoms with E-state index in [0.29, 0.717) is 11.1 Å². The predicted octanol–water partition coefficient (Wildman–Crippen LogP) is 4.81. The smallest absolute Gasteiger partial charge is 0.316 e. The molecule has 3 atom stereocenters. The number of β-lactam (4-membered cyclic amide) rings is 1. The molecule has 4 aromatic rings. The lowest BCUT2D eigenvalue weighted by atomic mass is 9.80. The molecule has 8 nitrogen and oxygen atoms in total. The fraction of sp³-hybridized carbons (Fsp3) is 0.225. The number of carbonyl (C=O) groups excluding carboxylic acids is 4. The molecule has 1 fully saturated rings. The summed E-state index contributed by atoms with van der Waals surface area (Å²) in [6.07, 6.45) is 0.0524. The van der Waals surface area contributed by atoms with Crippen LogP contribution < -0.4 is 21.2 Å². The second-order valence-corrected chi connectivity index (χ2v) is 15.6. The molecule has 1 aliphatic rings. The minimum absolute atomic E-state index is 0.0894. The number of hydrogen-bond acceptors (Lipinski definition) is 6. The summed E-state index contributed by atoms with van der Waals surface area (Å²) >= 11 is 0. The Kier molecular flexibility index (Phi) is 11.1. The number of rotatable bonds is 13. The van der Waals surface area contributed by atoms with Crippen LogP contribution in [0.3, 0.4) is 0 Å². The van der Waals surface area contributed by atoms with Crippen LogP contribution in [0.1, 0.15) is 54.3 Å². The van der Waals surface area contributed by atoms with E-state index in [0.717, 1.165) is 15.9 Å². The highest BCUT2D eigenvalue weighted by Crippen LogP contribution is 2.50. The SMILES string of the molecule is C=CCC(=O)OC(N1C(=O)[C@H]([C@@H](C)O)[C@H]1CC(=O)c1cccc(C(=O)NC(C)C)c1)=P(c1ccccc1)(c1ccccc1)c1ccccc1. The van der Waals surface area contributed by atoms with Crippen LogP contribution >= 0.6 is 6.89 Å². The van der Waals surface area contributed by atoms with Crippen molar-refractivity contribution in [3.8, 4) is 0 Å². The minimum Gasteiger partial charge on any atom is -0.408 e. The van der Waals surface area contributed by atoms with Crippen molar-refractivity contribution < 1.29 is 29.0 Å². The molecule has 1 heterocycles. The van der Waals surface area contributed by atoms with Gasteiger partial charge in [0.2, 0.25) is 11.5 Å². The van der Waals surface area contributed by atoms with Crippen molar-refractivity contribution in [1.29, 1.82) is 0 Å². The molecule has 0 bridgehead atoms. The largest absolute Gasteiger partial charge is 0.408 e. The average Bonchev–Trinajstić information content (AvgIpc) is 3.09. The summed E-state index contributed by atoms with van der Waals surface area (Å²) in [4.78, 5) is 56.0. The molecule has 252 valence electrons. The molecule has 4 aromatic carbocycles. The van der Waals surface area contributed by atoms with Gasteiger partial charge in [0.25, 0.3) is 5.91 Å². The summed E-state index contributed by atoms with van der Waals surface area (Å²) in [7, 11) is 0. The lowest BCUT2D eigenvalue weighted by Crippen LogP contribution is -2.67. The van der Waals surface area contributed by atoms with Gasteiger partial charge in [0.15, 0.2) is 5.78 Å². The normalized spacial score (nSPS) is 16.3. The number of ether oxygens (including phenoxy) is 1. The van der Waals surface area contributed by atoms with Crippen LogP contribution in [0.5, 0.6) is 0 Å². The third kappa shape index (κ3) is 7.21. The second-order valence-electron chi connectivity index (χ2n) is 12.3. The number of aliphatic hydroxyl groups excluding tert-OH is 1.